The first-order valence-electron chi connectivity index (χ1n) is 10.9. The van der Waals surface area contributed by atoms with E-state index in [-0.39, 0.29) is 17.7 Å². The van der Waals surface area contributed by atoms with Crippen molar-refractivity contribution < 1.29 is 18.4 Å². The predicted molar refractivity (Wildman–Crippen MR) is 120 cm³/mol. The number of allylic oxidation sites excluding steroid dienone is 1. The molecule has 0 spiro atoms. The maximum absolute atomic E-state index is 13.6. The van der Waals surface area contributed by atoms with E-state index in [9.17, 15) is 9.59 Å². The van der Waals surface area contributed by atoms with Gasteiger partial charge in [0.1, 0.15) is 17.6 Å². The van der Waals surface area contributed by atoms with Gasteiger partial charge < -0.3 is 19.5 Å². The van der Waals surface area contributed by atoms with Crippen molar-refractivity contribution in [3.05, 3.63) is 83.8 Å². The maximum atomic E-state index is 13.6. The van der Waals surface area contributed by atoms with Crippen LogP contribution in [0.25, 0.3) is 0 Å². The summed E-state index contributed by atoms with van der Waals surface area (Å²) >= 11 is 0. The second kappa shape index (κ2) is 8.42. The SMILES string of the molecule is CCCNC(=O)N1c2ccccc2NC2=C(C(=O)C[C@@H](c3ccco3)C2)[C@@H]1c1ccco1. The fraction of sp³-hybridized carbons (Fsp3) is 0.280. The molecule has 0 saturated carbocycles. The van der Waals surface area contributed by atoms with Crippen LogP contribution in [-0.2, 0) is 4.79 Å². The van der Waals surface area contributed by atoms with Gasteiger partial charge in [0.25, 0.3) is 0 Å². The highest BCUT2D eigenvalue weighted by atomic mass is 16.3. The van der Waals surface area contributed by atoms with Crippen molar-refractivity contribution in [2.24, 2.45) is 0 Å². The summed E-state index contributed by atoms with van der Waals surface area (Å²) in [5.41, 5.74) is 2.82. The lowest BCUT2D eigenvalue weighted by atomic mass is 9.81. The molecule has 2 amide bonds. The van der Waals surface area contributed by atoms with Crippen LogP contribution in [0.4, 0.5) is 16.2 Å². The van der Waals surface area contributed by atoms with Crippen molar-refractivity contribution in [1.82, 2.24) is 5.32 Å². The highest BCUT2D eigenvalue weighted by molar-refractivity contribution is 6.05. The summed E-state index contributed by atoms with van der Waals surface area (Å²) in [5, 5.41) is 6.44. The van der Waals surface area contributed by atoms with Gasteiger partial charge in [-0.05, 0) is 49.2 Å². The van der Waals surface area contributed by atoms with Crippen LogP contribution in [0.15, 0.2) is 81.2 Å². The summed E-state index contributed by atoms with van der Waals surface area (Å²) in [5.74, 6) is 1.25. The minimum atomic E-state index is -0.668. The van der Waals surface area contributed by atoms with Crippen molar-refractivity contribution in [3.8, 4) is 0 Å². The van der Waals surface area contributed by atoms with Crippen LogP contribution >= 0.6 is 0 Å². The lowest BCUT2D eigenvalue weighted by Crippen LogP contribution is -2.44. The Morgan fingerprint density at radius 2 is 1.81 bits per heavy atom. The van der Waals surface area contributed by atoms with E-state index in [0.29, 0.717) is 36.4 Å². The first-order valence-corrected chi connectivity index (χ1v) is 10.9. The number of para-hydroxylation sites is 2. The number of anilines is 2. The predicted octanol–water partition coefficient (Wildman–Crippen LogP) is 5.37. The second-order valence-corrected chi connectivity index (χ2v) is 8.10. The Bertz CT molecular complexity index is 1150. The third kappa shape index (κ3) is 3.49. The van der Waals surface area contributed by atoms with E-state index >= 15 is 0 Å². The molecule has 32 heavy (non-hydrogen) atoms. The summed E-state index contributed by atoms with van der Waals surface area (Å²) in [7, 11) is 0. The van der Waals surface area contributed by atoms with E-state index in [2.05, 4.69) is 10.6 Å². The van der Waals surface area contributed by atoms with Crippen LogP contribution < -0.4 is 15.5 Å². The molecule has 2 aromatic heterocycles. The van der Waals surface area contributed by atoms with E-state index < -0.39 is 6.04 Å². The van der Waals surface area contributed by atoms with Crippen LogP contribution in [0, 0.1) is 0 Å². The molecule has 2 atom stereocenters. The summed E-state index contributed by atoms with van der Waals surface area (Å²) in [6.45, 7) is 2.54. The number of carbonyl (C=O) groups excluding carboxylic acids is 2. The number of benzene rings is 1. The van der Waals surface area contributed by atoms with Gasteiger partial charge in [-0.1, -0.05) is 19.1 Å². The minimum Gasteiger partial charge on any atom is -0.469 e. The molecule has 0 saturated heterocycles. The van der Waals surface area contributed by atoms with Gasteiger partial charge in [-0.25, -0.2) is 4.79 Å². The summed E-state index contributed by atoms with van der Waals surface area (Å²) in [6.07, 6.45) is 4.92. The fourth-order valence-corrected chi connectivity index (χ4v) is 4.57. The fourth-order valence-electron chi connectivity index (χ4n) is 4.57. The number of Topliss-reactive ketones (excluding diaryl/α,β-unsaturated/α-hetero) is 1. The maximum Gasteiger partial charge on any atom is 0.322 e. The van der Waals surface area contributed by atoms with Crippen LogP contribution in [0.2, 0.25) is 0 Å². The van der Waals surface area contributed by atoms with Crippen molar-refractivity contribution in [3.63, 3.8) is 0 Å². The number of amides is 2. The molecule has 2 N–H and O–H groups in total. The lowest BCUT2D eigenvalue weighted by Gasteiger charge is -2.33. The molecule has 5 rings (SSSR count). The van der Waals surface area contributed by atoms with Gasteiger partial charge >= 0.3 is 6.03 Å². The zero-order valence-corrected chi connectivity index (χ0v) is 17.8. The minimum absolute atomic E-state index is 0.0253. The highest BCUT2D eigenvalue weighted by Gasteiger charge is 2.43. The number of furan rings is 2. The molecule has 3 aromatic rings. The summed E-state index contributed by atoms with van der Waals surface area (Å²) in [6, 6.07) is 14.0. The van der Waals surface area contributed by atoms with E-state index in [0.717, 1.165) is 23.6 Å². The Morgan fingerprint density at radius 1 is 1.06 bits per heavy atom. The van der Waals surface area contributed by atoms with Crippen LogP contribution in [0.1, 0.15) is 49.7 Å². The molecule has 2 aliphatic rings. The number of fused-ring (bicyclic) bond motifs is 1. The average Bonchev–Trinajstić information content (AvgIpc) is 3.49. The van der Waals surface area contributed by atoms with Gasteiger partial charge in [-0.2, -0.15) is 0 Å². The van der Waals surface area contributed by atoms with Gasteiger partial charge in [-0.3, -0.25) is 9.69 Å². The van der Waals surface area contributed by atoms with E-state index in [1.807, 2.05) is 49.4 Å². The van der Waals surface area contributed by atoms with Gasteiger partial charge in [0, 0.05) is 30.2 Å². The molecule has 0 unspecified atom stereocenters. The molecular formula is C25H25N3O4. The molecule has 7 nitrogen and oxygen atoms in total. The van der Waals surface area contributed by atoms with Gasteiger partial charge in [-0.15, -0.1) is 0 Å². The first kappa shape index (κ1) is 20.2. The third-order valence-electron chi connectivity index (χ3n) is 5.99. The molecule has 3 heterocycles. The van der Waals surface area contributed by atoms with E-state index in [1.54, 1.807) is 23.5 Å². The number of carbonyl (C=O) groups is 2. The van der Waals surface area contributed by atoms with E-state index in [4.69, 9.17) is 8.83 Å². The number of hydrogen-bond donors (Lipinski definition) is 2. The number of nitrogens with one attached hydrogen (secondary N) is 2. The molecule has 164 valence electrons. The number of hydrogen-bond acceptors (Lipinski definition) is 5. The Morgan fingerprint density at radius 3 is 2.53 bits per heavy atom. The smallest absolute Gasteiger partial charge is 0.322 e. The van der Waals surface area contributed by atoms with Crippen LogP contribution in [0.3, 0.4) is 0 Å². The first-order chi connectivity index (χ1) is 15.7. The van der Waals surface area contributed by atoms with Crippen molar-refractivity contribution in [2.75, 3.05) is 16.8 Å². The van der Waals surface area contributed by atoms with E-state index in [1.165, 1.54) is 0 Å². The van der Waals surface area contributed by atoms with Crippen molar-refractivity contribution in [1.29, 1.82) is 0 Å². The number of rotatable bonds is 4. The zero-order chi connectivity index (χ0) is 22.1. The topological polar surface area (TPSA) is 87.7 Å². The zero-order valence-electron chi connectivity index (χ0n) is 17.8. The normalized spacial score (nSPS) is 20.3. The standard InChI is InChI=1S/C25H25N3O4/c1-2-11-26-25(30)28-19-8-4-3-7-17(19)27-18-14-16(21-9-5-12-31-21)15-20(29)23(18)24(28)22-10-6-13-32-22/h3-10,12-13,16,24,27H,2,11,14-15H2,1H3,(H,26,30)/t16-,24-/m0/s1. The third-order valence-corrected chi connectivity index (χ3v) is 5.99. The Labute approximate surface area is 186 Å². The monoisotopic (exact) mass is 431 g/mol. The van der Waals surface area contributed by atoms with Crippen molar-refractivity contribution in [2.45, 2.75) is 38.1 Å². The molecule has 1 aliphatic heterocycles. The summed E-state index contributed by atoms with van der Waals surface area (Å²) in [4.78, 5) is 28.6. The molecule has 0 bridgehead atoms. The largest absolute Gasteiger partial charge is 0.469 e. The quantitative estimate of drug-likeness (QED) is 0.580. The molecule has 1 aromatic carbocycles. The Balaban J connectivity index is 1.67. The number of urea groups is 1. The number of nitrogens with zero attached hydrogens (tertiary/aromatic N) is 1. The molecule has 0 radical (unpaired) electrons. The highest BCUT2D eigenvalue weighted by Crippen LogP contribution is 2.47. The van der Waals surface area contributed by atoms with Gasteiger partial charge in [0.05, 0.1) is 23.9 Å². The summed E-state index contributed by atoms with van der Waals surface area (Å²) < 4.78 is 11.4. The van der Waals surface area contributed by atoms with Gasteiger partial charge in [0.15, 0.2) is 5.78 Å². The lowest BCUT2D eigenvalue weighted by molar-refractivity contribution is -0.116. The second-order valence-electron chi connectivity index (χ2n) is 8.10. The molecule has 0 fully saturated rings. The molecule has 7 heteroatoms. The molecular weight excluding hydrogens is 406 g/mol. The Hall–Kier alpha value is -3.74. The molecule has 1 aliphatic carbocycles. The average molecular weight is 431 g/mol. The Kier molecular flexibility index (Phi) is 5.31. The van der Waals surface area contributed by atoms with Crippen LogP contribution in [0.5, 0.6) is 0 Å². The van der Waals surface area contributed by atoms with Crippen molar-refractivity contribution >= 4 is 23.2 Å². The van der Waals surface area contributed by atoms with Crippen LogP contribution in [-0.4, -0.2) is 18.4 Å². The number of ketones is 1. The van der Waals surface area contributed by atoms with Gasteiger partial charge in [0.2, 0.25) is 0 Å².